The smallest absolute Gasteiger partial charge is 0.0380 e. The molecule has 94 heavy (non-hydrogen) atoms. The quantitative estimate of drug-likeness (QED) is 0.134. The number of fused-ring (bicyclic) bond motifs is 14. The van der Waals surface area contributed by atoms with E-state index in [0.717, 1.165) is 85.0 Å². The zero-order valence-corrected chi connectivity index (χ0v) is 54.1. The number of benzene rings is 14. The SMILES string of the molecule is c1ccc(N(c2ccccc2)c2cc3c4c(c2)N(c2ccccc2)c2ccccc2B4c2cc4c(cc2O3)N(c2ccccc2)c2cc(N(c3ccccc3)c3cccc5c3[se]c3ccccc35)cc3c2B4c2ccccc2N3c2cccc3c2[se]c2ccccc23)cc1. The summed E-state index contributed by atoms with van der Waals surface area (Å²) in [6, 6.07) is 120. The summed E-state index contributed by atoms with van der Waals surface area (Å²) in [7, 11) is 0. The van der Waals surface area contributed by atoms with Gasteiger partial charge in [0.05, 0.1) is 5.69 Å². The van der Waals surface area contributed by atoms with Gasteiger partial charge in [0.25, 0.3) is 0 Å². The normalized spacial score (nSPS) is 13.1. The van der Waals surface area contributed by atoms with Crippen LogP contribution in [0.15, 0.2) is 322 Å². The van der Waals surface area contributed by atoms with Crippen LogP contribution in [0.1, 0.15) is 0 Å². The van der Waals surface area contributed by atoms with Gasteiger partial charge in [-0.25, -0.2) is 0 Å². The van der Waals surface area contributed by atoms with E-state index in [1.54, 1.807) is 0 Å². The molecule has 14 aromatic carbocycles. The van der Waals surface area contributed by atoms with Crippen LogP contribution in [0.4, 0.5) is 85.3 Å². The molecular formula is C84H53B2N5OSe2. The minimum atomic E-state index is -0.177. The van der Waals surface area contributed by atoms with Gasteiger partial charge >= 0.3 is 407 Å². The molecule has 6 nitrogen and oxygen atoms in total. The Balaban J connectivity index is 0.879. The molecule has 0 spiro atoms. The van der Waals surface area contributed by atoms with Crippen molar-refractivity contribution in [1.82, 2.24) is 0 Å². The van der Waals surface area contributed by atoms with Gasteiger partial charge in [-0.15, -0.1) is 0 Å². The third-order valence-corrected chi connectivity index (χ3v) is 24.7. The predicted octanol–water partition coefficient (Wildman–Crippen LogP) is 17.8. The third kappa shape index (κ3) is 8.11. The van der Waals surface area contributed by atoms with E-state index >= 15 is 0 Å². The minimum Gasteiger partial charge on any atom is -0.0602 e. The van der Waals surface area contributed by atoms with Gasteiger partial charge in [-0.1, -0.05) is 66.7 Å². The van der Waals surface area contributed by atoms with E-state index in [2.05, 4.69) is 346 Å². The number of rotatable bonds is 9. The van der Waals surface area contributed by atoms with Crippen LogP contribution in [0.25, 0.3) is 38.6 Å². The Morgan fingerprint density at radius 2 is 0.702 bits per heavy atom. The zero-order valence-electron chi connectivity index (χ0n) is 50.7. The van der Waals surface area contributed by atoms with Crippen molar-refractivity contribution in [3.8, 4) is 11.5 Å². The molecule has 4 aliphatic heterocycles. The van der Waals surface area contributed by atoms with E-state index in [9.17, 15) is 0 Å². The zero-order chi connectivity index (χ0) is 61.5. The first-order valence-electron chi connectivity index (χ1n) is 32.1. The predicted molar refractivity (Wildman–Crippen MR) is 400 cm³/mol. The number of hydrogen-bond donors (Lipinski definition) is 0. The largest absolute Gasteiger partial charge is 0.0602 e. The van der Waals surface area contributed by atoms with Crippen molar-refractivity contribution >= 4 is 199 Å². The maximum absolute atomic E-state index is 7.80. The average molecular weight is 1330 g/mol. The molecule has 4 aliphatic rings. The molecular weight excluding hydrogens is 1270 g/mol. The summed E-state index contributed by atoms with van der Waals surface area (Å²) in [6.45, 7) is -0.353. The van der Waals surface area contributed by atoms with Crippen LogP contribution in [0.3, 0.4) is 0 Å². The summed E-state index contributed by atoms with van der Waals surface area (Å²) >= 11 is 0.138. The van der Waals surface area contributed by atoms with Crippen molar-refractivity contribution in [2.45, 2.75) is 0 Å². The Morgan fingerprint density at radius 3 is 1.32 bits per heavy atom. The Bertz CT molecular complexity index is 5690. The molecule has 438 valence electrons. The molecule has 0 unspecified atom stereocenters. The number of ether oxygens (including phenoxy) is 1. The third-order valence-electron chi connectivity index (χ3n) is 19.6. The fourth-order valence-corrected chi connectivity index (χ4v) is 20.8. The molecule has 0 atom stereocenters. The number of hydrogen-bond acceptors (Lipinski definition) is 6. The Kier molecular flexibility index (Phi) is 12.2. The molecule has 10 heteroatoms. The van der Waals surface area contributed by atoms with Crippen LogP contribution >= 0.6 is 0 Å². The average Bonchev–Trinajstić information content (AvgIpc) is 0.974. The van der Waals surface area contributed by atoms with Crippen molar-refractivity contribution in [3.63, 3.8) is 0 Å². The van der Waals surface area contributed by atoms with Gasteiger partial charge in [0.15, 0.2) is 0 Å². The molecule has 0 N–H and O–H groups in total. The summed E-state index contributed by atoms with van der Waals surface area (Å²) in [5, 5.41) is 5.32. The molecule has 0 saturated carbocycles. The maximum Gasteiger partial charge on any atom is -0.0380 e. The van der Waals surface area contributed by atoms with Crippen molar-refractivity contribution in [3.05, 3.63) is 322 Å². The number of anilines is 15. The van der Waals surface area contributed by atoms with Crippen LogP contribution in [0, 0.1) is 0 Å². The molecule has 0 fully saturated rings. The fourth-order valence-electron chi connectivity index (χ4n) is 15.8. The topological polar surface area (TPSA) is 25.4 Å². The maximum atomic E-state index is 7.80. The summed E-state index contributed by atoms with van der Waals surface area (Å²) in [5.41, 5.74) is 24.0. The van der Waals surface area contributed by atoms with Crippen LogP contribution in [-0.2, 0) is 0 Å². The van der Waals surface area contributed by atoms with Gasteiger partial charge in [-0.3, -0.25) is 0 Å². The minimum absolute atomic E-state index is 0.0646. The van der Waals surface area contributed by atoms with Gasteiger partial charge in [0.1, 0.15) is 0 Å². The fraction of sp³-hybridized carbons (Fsp3) is 0. The first-order valence-corrected chi connectivity index (χ1v) is 35.6. The van der Waals surface area contributed by atoms with Crippen LogP contribution in [0.5, 0.6) is 11.5 Å². The number of para-hydroxylation sites is 7. The van der Waals surface area contributed by atoms with E-state index in [1.807, 2.05) is 0 Å². The summed E-state index contributed by atoms with van der Waals surface area (Å²) in [6.07, 6.45) is 0. The molecule has 16 aromatic rings. The van der Waals surface area contributed by atoms with Crippen molar-refractivity contribution in [1.29, 1.82) is 0 Å². The second-order valence-corrected chi connectivity index (χ2v) is 29.1. The van der Waals surface area contributed by atoms with E-state index in [4.69, 9.17) is 4.74 Å². The molecule has 6 heterocycles. The van der Waals surface area contributed by atoms with Crippen LogP contribution in [-0.4, -0.2) is 42.4 Å². The molecule has 0 bridgehead atoms. The second kappa shape index (κ2) is 21.3. The first-order chi connectivity index (χ1) is 46.7. The monoisotopic (exact) mass is 1330 g/mol. The van der Waals surface area contributed by atoms with Gasteiger partial charge < -0.3 is 9.80 Å². The van der Waals surface area contributed by atoms with Crippen molar-refractivity contribution in [2.24, 2.45) is 0 Å². The molecule has 0 radical (unpaired) electrons. The van der Waals surface area contributed by atoms with Gasteiger partial charge in [0.2, 0.25) is 0 Å². The molecule has 0 amide bonds. The standard InChI is InChI=1S/C84H53B2N5OSe2/c1-6-26-54(27-7-1)87(55-28-8-2-9-29-55)60-50-76-82-78(51-60)92-77-53-73-67(52-68(77)86(82)65-40-18-20-42-69(65)89(76)57-32-12-4-13-33-57)85-66-41-19-21-43-70(66)91(72-45-25-39-64-62-37-17-23-47-80(62)94-84(64)72)75-49-59(48-74(81(75)85)90(73)58-34-14-5-15-35-58)88(56-30-10-3-11-31-56)71-44-24-38-63-61-36-16-22-46-79(61)93-83(63)71/h1-53H. The van der Waals surface area contributed by atoms with Crippen molar-refractivity contribution < 1.29 is 4.74 Å². The summed E-state index contributed by atoms with van der Waals surface area (Å²) in [5.74, 6) is 1.67. The summed E-state index contributed by atoms with van der Waals surface area (Å²) in [4.78, 5) is 12.6. The van der Waals surface area contributed by atoms with Crippen LogP contribution in [0.2, 0.25) is 0 Å². The number of nitrogens with zero attached hydrogens (tertiary/aromatic N) is 5. The van der Waals surface area contributed by atoms with Gasteiger partial charge in [-0.05, 0) is 48.5 Å². The molecule has 0 aliphatic carbocycles. The van der Waals surface area contributed by atoms with Gasteiger partial charge in [0, 0.05) is 23.1 Å². The molecule has 2 aromatic heterocycles. The Morgan fingerprint density at radius 1 is 0.266 bits per heavy atom. The van der Waals surface area contributed by atoms with E-state index in [1.165, 1.54) is 83.2 Å². The molecule has 0 saturated heterocycles. The Hall–Kier alpha value is -11.0. The first kappa shape index (κ1) is 53.7. The van der Waals surface area contributed by atoms with E-state index in [-0.39, 0.29) is 42.4 Å². The molecule has 20 rings (SSSR count). The van der Waals surface area contributed by atoms with Crippen LogP contribution < -0.4 is 62.0 Å². The van der Waals surface area contributed by atoms with E-state index < -0.39 is 0 Å². The second-order valence-electron chi connectivity index (χ2n) is 24.7. The Labute approximate surface area is 557 Å². The van der Waals surface area contributed by atoms with Gasteiger partial charge in [-0.2, -0.15) is 0 Å². The summed E-state index contributed by atoms with van der Waals surface area (Å²) < 4.78 is 13.4. The van der Waals surface area contributed by atoms with Crippen molar-refractivity contribution in [2.75, 3.05) is 24.5 Å². The van der Waals surface area contributed by atoms with E-state index in [0.29, 0.717) is 0 Å².